The van der Waals surface area contributed by atoms with Crippen LogP contribution in [0.5, 0.6) is 0 Å². The van der Waals surface area contributed by atoms with Crippen LogP contribution in [0.4, 0.5) is 0 Å². The zero-order chi connectivity index (χ0) is 19.9. The normalized spacial score (nSPS) is 11.0. The van der Waals surface area contributed by atoms with Gasteiger partial charge in [-0.2, -0.15) is 0 Å². The lowest BCUT2D eigenvalue weighted by Crippen LogP contribution is -2.26. The molecule has 0 unspecified atom stereocenters. The van der Waals surface area contributed by atoms with Crippen LogP contribution in [0.15, 0.2) is 65.3 Å². The Balaban J connectivity index is 1.77. The average Bonchev–Trinajstić information content (AvgIpc) is 3.16. The largest absolute Gasteiger partial charge is 0.447 e. The van der Waals surface area contributed by atoms with E-state index in [0.717, 1.165) is 13.1 Å². The summed E-state index contributed by atoms with van der Waals surface area (Å²) in [4.78, 5) is 20.6. The van der Waals surface area contributed by atoms with Crippen LogP contribution < -0.4 is 0 Å². The van der Waals surface area contributed by atoms with Crippen LogP contribution in [0.1, 0.15) is 40.0 Å². The number of hydrogen-bond donors (Lipinski definition) is 0. The maximum absolute atomic E-state index is 12.3. The minimum Gasteiger partial charge on any atom is -0.447 e. The molecule has 5 nitrogen and oxygen atoms in total. The lowest BCUT2D eigenvalue weighted by atomic mass is 10.1. The van der Waals surface area contributed by atoms with Gasteiger partial charge in [0.2, 0.25) is 5.89 Å². The number of oxazole rings is 1. The summed E-state index contributed by atoms with van der Waals surface area (Å²) in [6, 6.07) is 18.8. The highest BCUT2D eigenvalue weighted by atomic mass is 16.3. The van der Waals surface area contributed by atoms with Crippen LogP contribution in [0.25, 0.3) is 0 Å². The molecule has 0 aliphatic carbocycles. The van der Waals surface area contributed by atoms with E-state index in [2.05, 4.69) is 53.2 Å². The Morgan fingerprint density at radius 3 is 2.43 bits per heavy atom. The van der Waals surface area contributed by atoms with Crippen molar-refractivity contribution in [3.8, 4) is 0 Å². The summed E-state index contributed by atoms with van der Waals surface area (Å²) in [6.07, 6.45) is 1.46. The minimum atomic E-state index is -0.120. The number of aryl methyl sites for hydroxylation is 1. The van der Waals surface area contributed by atoms with Gasteiger partial charge in [0, 0.05) is 26.7 Å². The molecule has 5 heteroatoms. The van der Waals surface area contributed by atoms with Gasteiger partial charge in [-0.3, -0.25) is 9.69 Å². The molecule has 0 fully saturated rings. The number of benzene rings is 2. The van der Waals surface area contributed by atoms with Crippen molar-refractivity contribution in [2.45, 2.75) is 33.5 Å². The molecule has 1 heterocycles. The first-order chi connectivity index (χ1) is 13.5. The van der Waals surface area contributed by atoms with Crippen molar-refractivity contribution in [3.05, 3.63) is 89.1 Å². The number of aromatic nitrogens is 1. The third-order valence-corrected chi connectivity index (χ3v) is 4.69. The maximum Gasteiger partial charge on any atom is 0.275 e. The van der Waals surface area contributed by atoms with Gasteiger partial charge in [0.25, 0.3) is 5.91 Å². The Hall–Kier alpha value is -2.92. The number of rotatable bonds is 8. The molecular weight excluding hydrogens is 350 g/mol. The number of nitrogens with zero attached hydrogens (tertiary/aromatic N) is 3. The van der Waals surface area contributed by atoms with E-state index in [1.54, 1.807) is 11.9 Å². The highest BCUT2D eigenvalue weighted by Crippen LogP contribution is 2.15. The van der Waals surface area contributed by atoms with Crippen molar-refractivity contribution in [3.63, 3.8) is 0 Å². The van der Waals surface area contributed by atoms with Gasteiger partial charge in [-0.1, -0.05) is 60.2 Å². The first-order valence-electron chi connectivity index (χ1n) is 9.57. The lowest BCUT2D eigenvalue weighted by molar-refractivity contribution is 0.0796. The van der Waals surface area contributed by atoms with Crippen molar-refractivity contribution in [1.29, 1.82) is 0 Å². The SMILES string of the molecule is CCN(C)C(=O)c1coc(CN(Cc2ccccc2)Cc2cccc(C)c2)n1. The average molecular weight is 377 g/mol. The van der Waals surface area contributed by atoms with Crippen molar-refractivity contribution in [2.75, 3.05) is 13.6 Å². The van der Waals surface area contributed by atoms with E-state index in [9.17, 15) is 4.79 Å². The van der Waals surface area contributed by atoms with Gasteiger partial charge in [0.1, 0.15) is 6.26 Å². The van der Waals surface area contributed by atoms with Crippen molar-refractivity contribution in [2.24, 2.45) is 0 Å². The van der Waals surface area contributed by atoms with Gasteiger partial charge < -0.3 is 9.32 Å². The maximum atomic E-state index is 12.3. The first-order valence-corrected chi connectivity index (χ1v) is 9.57. The molecule has 28 heavy (non-hydrogen) atoms. The first kappa shape index (κ1) is 19.8. The third-order valence-electron chi connectivity index (χ3n) is 4.69. The second kappa shape index (κ2) is 9.33. The molecule has 0 saturated heterocycles. The summed E-state index contributed by atoms with van der Waals surface area (Å²) in [5.41, 5.74) is 4.06. The molecule has 0 radical (unpaired) electrons. The van der Waals surface area contributed by atoms with E-state index in [4.69, 9.17) is 4.42 Å². The predicted octanol–water partition coefficient (Wildman–Crippen LogP) is 4.28. The predicted molar refractivity (Wildman–Crippen MR) is 110 cm³/mol. The second-order valence-electron chi connectivity index (χ2n) is 7.07. The quantitative estimate of drug-likeness (QED) is 0.588. The fraction of sp³-hybridized carbons (Fsp3) is 0.304. The van der Waals surface area contributed by atoms with Crippen LogP contribution >= 0.6 is 0 Å². The van der Waals surface area contributed by atoms with E-state index in [1.165, 1.54) is 23.0 Å². The second-order valence-corrected chi connectivity index (χ2v) is 7.07. The highest BCUT2D eigenvalue weighted by Gasteiger charge is 2.17. The monoisotopic (exact) mass is 377 g/mol. The van der Waals surface area contributed by atoms with E-state index in [0.29, 0.717) is 24.7 Å². The fourth-order valence-corrected chi connectivity index (χ4v) is 3.09. The molecule has 3 aromatic rings. The molecule has 0 atom stereocenters. The smallest absolute Gasteiger partial charge is 0.275 e. The lowest BCUT2D eigenvalue weighted by Gasteiger charge is -2.21. The summed E-state index contributed by atoms with van der Waals surface area (Å²) in [6.45, 7) is 6.75. The Labute approximate surface area is 166 Å². The molecule has 0 spiro atoms. The van der Waals surface area contributed by atoms with E-state index < -0.39 is 0 Å². The summed E-state index contributed by atoms with van der Waals surface area (Å²) in [7, 11) is 1.76. The Kier molecular flexibility index (Phi) is 6.61. The number of carbonyl (C=O) groups excluding carboxylic acids is 1. The Bertz CT molecular complexity index is 905. The molecule has 2 aromatic carbocycles. The number of carbonyl (C=O) groups is 1. The van der Waals surface area contributed by atoms with Gasteiger partial charge in [-0.15, -0.1) is 0 Å². The molecule has 0 saturated carbocycles. The highest BCUT2D eigenvalue weighted by molar-refractivity contribution is 5.91. The van der Waals surface area contributed by atoms with Crippen LogP contribution in [0.2, 0.25) is 0 Å². The molecule has 1 aromatic heterocycles. The van der Waals surface area contributed by atoms with Gasteiger partial charge in [0.05, 0.1) is 6.54 Å². The molecule has 1 amide bonds. The molecule has 0 bridgehead atoms. The molecule has 146 valence electrons. The molecule has 3 rings (SSSR count). The van der Waals surface area contributed by atoms with Crippen LogP contribution in [0.3, 0.4) is 0 Å². The summed E-state index contributed by atoms with van der Waals surface area (Å²) < 4.78 is 5.61. The van der Waals surface area contributed by atoms with Crippen LogP contribution in [0, 0.1) is 6.92 Å². The zero-order valence-electron chi connectivity index (χ0n) is 16.8. The van der Waals surface area contributed by atoms with E-state index in [1.807, 2.05) is 25.1 Å². The van der Waals surface area contributed by atoms with Crippen molar-refractivity contribution < 1.29 is 9.21 Å². The Morgan fingerprint density at radius 1 is 1.00 bits per heavy atom. The Morgan fingerprint density at radius 2 is 1.71 bits per heavy atom. The van der Waals surface area contributed by atoms with Crippen LogP contribution in [-0.2, 0) is 19.6 Å². The summed E-state index contributed by atoms with van der Waals surface area (Å²) in [5.74, 6) is 0.433. The number of hydrogen-bond acceptors (Lipinski definition) is 4. The van der Waals surface area contributed by atoms with E-state index in [-0.39, 0.29) is 5.91 Å². The number of amides is 1. The topological polar surface area (TPSA) is 49.6 Å². The summed E-state index contributed by atoms with van der Waals surface area (Å²) in [5, 5.41) is 0. The van der Waals surface area contributed by atoms with E-state index >= 15 is 0 Å². The fourth-order valence-electron chi connectivity index (χ4n) is 3.09. The van der Waals surface area contributed by atoms with Crippen LogP contribution in [-0.4, -0.2) is 34.3 Å². The van der Waals surface area contributed by atoms with Crippen molar-refractivity contribution >= 4 is 5.91 Å². The molecular formula is C23H27N3O2. The standard InChI is InChI=1S/C23H27N3O2/c1-4-25(3)23(27)21-17-28-22(24-21)16-26(14-19-10-6-5-7-11-19)15-20-12-8-9-18(2)13-20/h5-13,17H,4,14-16H2,1-3H3. The van der Waals surface area contributed by atoms with Gasteiger partial charge in [-0.25, -0.2) is 4.98 Å². The summed E-state index contributed by atoms with van der Waals surface area (Å²) >= 11 is 0. The van der Waals surface area contributed by atoms with Gasteiger partial charge >= 0.3 is 0 Å². The van der Waals surface area contributed by atoms with Gasteiger partial charge in [-0.05, 0) is 25.0 Å². The molecule has 0 N–H and O–H groups in total. The third kappa shape index (κ3) is 5.30. The van der Waals surface area contributed by atoms with Gasteiger partial charge in [0.15, 0.2) is 5.69 Å². The zero-order valence-corrected chi connectivity index (χ0v) is 16.8. The van der Waals surface area contributed by atoms with Crippen molar-refractivity contribution in [1.82, 2.24) is 14.8 Å². The minimum absolute atomic E-state index is 0.120. The molecule has 0 aliphatic rings. The molecule has 0 aliphatic heterocycles.